The lowest BCUT2D eigenvalue weighted by molar-refractivity contribution is 0.102. The lowest BCUT2D eigenvalue weighted by atomic mass is 10.2. The van der Waals surface area contributed by atoms with Crippen LogP contribution in [-0.4, -0.2) is 23.9 Å². The molecule has 0 unspecified atom stereocenters. The number of rotatable bonds is 5. The number of amides is 1. The van der Waals surface area contributed by atoms with Crippen LogP contribution in [0.5, 0.6) is 0 Å². The number of sulfonamides is 1. The Hall–Kier alpha value is -3.14. The molecule has 0 aliphatic rings. The SMILES string of the molecule is Cn1c(NC(=O)c2ccc(Cl)c(NS(=O)(=O)c3ccc(F)cc3)c2)nc2cc(Cl)ccc21. The summed E-state index contributed by atoms with van der Waals surface area (Å²) in [6.07, 6.45) is 0. The molecular weight excluding hydrogens is 478 g/mol. The second-order valence-corrected chi connectivity index (χ2v) is 9.36. The van der Waals surface area contributed by atoms with Gasteiger partial charge in [0.05, 0.1) is 26.6 Å². The molecule has 0 radical (unpaired) electrons. The molecule has 11 heteroatoms. The van der Waals surface area contributed by atoms with Crippen LogP contribution in [0.1, 0.15) is 10.4 Å². The Bertz CT molecular complexity index is 1450. The van der Waals surface area contributed by atoms with Gasteiger partial charge in [0.25, 0.3) is 15.9 Å². The van der Waals surface area contributed by atoms with Crippen LogP contribution < -0.4 is 10.0 Å². The average Bonchev–Trinajstić information content (AvgIpc) is 3.04. The smallest absolute Gasteiger partial charge is 0.261 e. The highest BCUT2D eigenvalue weighted by atomic mass is 35.5. The topological polar surface area (TPSA) is 93.1 Å². The van der Waals surface area contributed by atoms with Gasteiger partial charge in [-0.25, -0.2) is 17.8 Å². The third-order valence-corrected chi connectivity index (χ3v) is 6.61. The van der Waals surface area contributed by atoms with Crippen LogP contribution in [0.15, 0.2) is 65.6 Å². The van der Waals surface area contributed by atoms with Crippen molar-refractivity contribution in [3.05, 3.63) is 82.1 Å². The lowest BCUT2D eigenvalue weighted by Gasteiger charge is -2.12. The molecule has 0 saturated carbocycles. The van der Waals surface area contributed by atoms with Gasteiger partial charge in [-0.15, -0.1) is 0 Å². The molecule has 7 nitrogen and oxygen atoms in total. The highest BCUT2D eigenvalue weighted by Crippen LogP contribution is 2.27. The molecule has 1 aromatic heterocycles. The van der Waals surface area contributed by atoms with Gasteiger partial charge >= 0.3 is 0 Å². The normalized spacial score (nSPS) is 11.5. The number of anilines is 2. The minimum Gasteiger partial charge on any atom is -0.313 e. The van der Waals surface area contributed by atoms with E-state index in [-0.39, 0.29) is 27.1 Å². The zero-order valence-electron chi connectivity index (χ0n) is 16.4. The first-order chi connectivity index (χ1) is 15.1. The Morgan fingerprint density at radius 2 is 1.75 bits per heavy atom. The number of carbonyl (C=O) groups is 1. The number of nitrogens with zero attached hydrogens (tertiary/aromatic N) is 2. The highest BCUT2D eigenvalue weighted by molar-refractivity contribution is 7.92. The van der Waals surface area contributed by atoms with Crippen LogP contribution in [0.3, 0.4) is 0 Å². The molecule has 3 aromatic carbocycles. The Labute approximate surface area is 192 Å². The number of hydrogen-bond donors (Lipinski definition) is 2. The van der Waals surface area contributed by atoms with E-state index in [4.69, 9.17) is 23.2 Å². The molecule has 0 bridgehead atoms. The van der Waals surface area contributed by atoms with Gasteiger partial charge in [0.1, 0.15) is 5.82 Å². The quantitative estimate of drug-likeness (QED) is 0.406. The van der Waals surface area contributed by atoms with Gasteiger partial charge in [0, 0.05) is 17.6 Å². The fourth-order valence-electron chi connectivity index (χ4n) is 3.02. The summed E-state index contributed by atoms with van der Waals surface area (Å²) in [4.78, 5) is 17.0. The van der Waals surface area contributed by atoms with Crippen LogP contribution in [0.2, 0.25) is 10.0 Å². The third kappa shape index (κ3) is 4.40. The molecule has 32 heavy (non-hydrogen) atoms. The van der Waals surface area contributed by atoms with E-state index in [2.05, 4.69) is 15.0 Å². The van der Waals surface area contributed by atoms with Gasteiger partial charge < -0.3 is 4.57 Å². The summed E-state index contributed by atoms with van der Waals surface area (Å²) in [5.74, 6) is -0.797. The summed E-state index contributed by atoms with van der Waals surface area (Å²) >= 11 is 12.1. The zero-order chi connectivity index (χ0) is 23.0. The minimum absolute atomic E-state index is 0.000393. The van der Waals surface area contributed by atoms with E-state index in [1.165, 1.54) is 18.2 Å². The zero-order valence-corrected chi connectivity index (χ0v) is 18.8. The summed E-state index contributed by atoms with van der Waals surface area (Å²) in [7, 11) is -2.30. The fourth-order valence-corrected chi connectivity index (χ4v) is 4.48. The number of halogens is 3. The number of carbonyl (C=O) groups excluding carboxylic acids is 1. The monoisotopic (exact) mass is 492 g/mol. The molecular formula is C21H15Cl2FN4O3S. The van der Waals surface area contributed by atoms with Crippen molar-refractivity contribution >= 4 is 61.8 Å². The summed E-state index contributed by atoms with van der Waals surface area (Å²) < 4.78 is 42.3. The number of hydrogen-bond acceptors (Lipinski definition) is 4. The van der Waals surface area contributed by atoms with E-state index < -0.39 is 21.7 Å². The molecule has 4 rings (SSSR count). The maximum atomic E-state index is 13.1. The van der Waals surface area contributed by atoms with Crippen molar-refractivity contribution in [3.63, 3.8) is 0 Å². The molecule has 0 aliphatic carbocycles. The molecule has 1 heterocycles. The van der Waals surface area contributed by atoms with Gasteiger partial charge in [-0.3, -0.25) is 14.8 Å². The van der Waals surface area contributed by atoms with E-state index >= 15 is 0 Å². The van der Waals surface area contributed by atoms with Gasteiger partial charge in [-0.1, -0.05) is 23.2 Å². The second-order valence-electron chi connectivity index (χ2n) is 6.84. The van der Waals surface area contributed by atoms with E-state index in [0.717, 1.165) is 29.8 Å². The summed E-state index contributed by atoms with van der Waals surface area (Å²) in [6.45, 7) is 0. The van der Waals surface area contributed by atoms with Crippen molar-refractivity contribution in [2.24, 2.45) is 7.05 Å². The van der Waals surface area contributed by atoms with E-state index in [0.29, 0.717) is 10.5 Å². The number of aromatic nitrogens is 2. The molecule has 164 valence electrons. The maximum Gasteiger partial charge on any atom is 0.261 e. The van der Waals surface area contributed by atoms with Crippen LogP contribution in [0.4, 0.5) is 16.0 Å². The van der Waals surface area contributed by atoms with E-state index in [9.17, 15) is 17.6 Å². The summed E-state index contributed by atoms with van der Waals surface area (Å²) in [5, 5.41) is 3.30. The molecule has 0 atom stereocenters. The highest BCUT2D eigenvalue weighted by Gasteiger charge is 2.18. The van der Waals surface area contributed by atoms with E-state index in [1.807, 2.05) is 0 Å². The fraction of sp³-hybridized carbons (Fsp3) is 0.0476. The van der Waals surface area contributed by atoms with Gasteiger partial charge in [-0.2, -0.15) is 0 Å². The molecule has 0 aliphatic heterocycles. The van der Waals surface area contributed by atoms with Crippen molar-refractivity contribution in [3.8, 4) is 0 Å². The molecule has 0 saturated heterocycles. The molecule has 2 N–H and O–H groups in total. The first-order valence-corrected chi connectivity index (χ1v) is 11.4. The third-order valence-electron chi connectivity index (χ3n) is 4.67. The van der Waals surface area contributed by atoms with Crippen LogP contribution in [0, 0.1) is 5.82 Å². The first kappa shape index (κ1) is 22.1. The predicted octanol–water partition coefficient (Wildman–Crippen LogP) is 5.07. The largest absolute Gasteiger partial charge is 0.313 e. The van der Waals surface area contributed by atoms with Crippen molar-refractivity contribution < 1.29 is 17.6 Å². The number of benzene rings is 3. The van der Waals surface area contributed by atoms with Crippen LogP contribution >= 0.6 is 23.2 Å². The maximum absolute atomic E-state index is 13.1. The minimum atomic E-state index is -4.04. The van der Waals surface area contributed by atoms with Crippen molar-refractivity contribution in [2.75, 3.05) is 10.0 Å². The first-order valence-electron chi connectivity index (χ1n) is 9.15. The Kier molecular flexibility index (Phi) is 5.81. The van der Waals surface area contributed by atoms with Crippen molar-refractivity contribution in [1.29, 1.82) is 0 Å². The van der Waals surface area contributed by atoms with E-state index in [1.54, 1.807) is 29.8 Å². The predicted molar refractivity (Wildman–Crippen MR) is 122 cm³/mol. The Morgan fingerprint density at radius 1 is 1.03 bits per heavy atom. The van der Waals surface area contributed by atoms with Crippen molar-refractivity contribution in [1.82, 2.24) is 9.55 Å². The molecule has 0 fully saturated rings. The second kappa shape index (κ2) is 8.42. The average molecular weight is 493 g/mol. The standard InChI is InChI=1S/C21H15Cl2FN4O3S/c1-28-19-9-3-13(22)11-18(19)25-21(28)26-20(29)12-2-8-16(23)17(10-12)27-32(30,31)15-6-4-14(24)5-7-15/h2-11,27H,1H3,(H,25,26,29). The molecule has 0 spiro atoms. The van der Waals surface area contributed by atoms with Gasteiger partial charge in [0.2, 0.25) is 5.95 Å². The van der Waals surface area contributed by atoms with Crippen molar-refractivity contribution in [2.45, 2.75) is 4.90 Å². The Morgan fingerprint density at radius 3 is 2.47 bits per heavy atom. The summed E-state index contributed by atoms with van der Waals surface area (Å²) in [6, 6.07) is 13.6. The van der Waals surface area contributed by atoms with Crippen LogP contribution in [0.25, 0.3) is 11.0 Å². The number of fused-ring (bicyclic) bond motifs is 1. The molecule has 4 aromatic rings. The lowest BCUT2D eigenvalue weighted by Crippen LogP contribution is -2.17. The number of imidazole rings is 1. The van der Waals surface area contributed by atoms with Crippen LogP contribution in [-0.2, 0) is 17.1 Å². The van der Waals surface area contributed by atoms with Gasteiger partial charge in [-0.05, 0) is 60.7 Å². The number of nitrogens with one attached hydrogen (secondary N) is 2. The number of aryl methyl sites for hydroxylation is 1. The Balaban J connectivity index is 1.60. The van der Waals surface area contributed by atoms with Gasteiger partial charge in [0.15, 0.2) is 0 Å². The molecule has 1 amide bonds. The summed E-state index contributed by atoms with van der Waals surface area (Å²) in [5.41, 5.74) is 1.53.